The number of benzene rings is 3. The second kappa shape index (κ2) is 7.57. The highest BCUT2D eigenvalue weighted by Gasteiger charge is 2.12. The maximum atomic E-state index is 13.3. The largest absolute Gasteiger partial charge is 0.359 e. The molecule has 3 N–H and O–H groups in total. The van der Waals surface area contributed by atoms with Crippen molar-refractivity contribution in [1.29, 1.82) is 5.26 Å². The number of aromatic amines is 2. The Kier molecular flexibility index (Phi) is 4.46. The Morgan fingerprint density at radius 1 is 0.968 bits per heavy atom. The molecule has 2 heterocycles. The lowest BCUT2D eigenvalue weighted by Gasteiger charge is -2.11. The molecule has 0 spiro atoms. The quantitative estimate of drug-likeness (QED) is 0.308. The molecule has 5 rings (SSSR count). The minimum absolute atomic E-state index is 0.0622. The number of allylic oxidation sites excluding steroid dienone is 1. The van der Waals surface area contributed by atoms with Gasteiger partial charge in [0.25, 0.3) is 0 Å². The van der Waals surface area contributed by atoms with Crippen molar-refractivity contribution >= 4 is 33.1 Å². The molecule has 2 aromatic heterocycles. The van der Waals surface area contributed by atoms with Crippen LogP contribution in [0, 0.1) is 11.3 Å². The summed E-state index contributed by atoms with van der Waals surface area (Å²) in [4.78, 5) is 16.7. The van der Waals surface area contributed by atoms with E-state index in [1.807, 2.05) is 60.7 Å². The molecule has 0 aliphatic heterocycles. The van der Waals surface area contributed by atoms with Gasteiger partial charge in [-0.2, -0.15) is 10.5 Å². The van der Waals surface area contributed by atoms with E-state index in [1.165, 1.54) is 6.20 Å². The molecule has 0 radical (unpaired) electrons. The molecule has 31 heavy (non-hydrogen) atoms. The van der Waals surface area contributed by atoms with E-state index in [9.17, 15) is 10.1 Å². The highest BCUT2D eigenvalue weighted by molar-refractivity contribution is 6.03. The van der Waals surface area contributed by atoms with Gasteiger partial charge in [-0.05, 0) is 29.0 Å². The number of rotatable bonds is 4. The van der Waals surface area contributed by atoms with Crippen molar-refractivity contribution in [2.75, 3.05) is 5.32 Å². The molecule has 8 heteroatoms. The summed E-state index contributed by atoms with van der Waals surface area (Å²) in [6.07, 6.45) is 1.49. The second-order valence-corrected chi connectivity index (χ2v) is 6.83. The molecule has 0 aliphatic carbocycles. The lowest BCUT2D eigenvalue weighted by atomic mass is 10.0. The molecule has 0 amide bonds. The number of para-hydroxylation sites is 2. The van der Waals surface area contributed by atoms with Crippen LogP contribution in [0.15, 0.2) is 77.7 Å². The van der Waals surface area contributed by atoms with Crippen LogP contribution in [0.3, 0.4) is 0 Å². The van der Waals surface area contributed by atoms with Crippen LogP contribution in [0.1, 0.15) is 5.82 Å². The minimum atomic E-state index is -0.0622. The van der Waals surface area contributed by atoms with Crippen molar-refractivity contribution in [2.24, 2.45) is 0 Å². The Bertz CT molecular complexity index is 1530. The Labute approximate surface area is 175 Å². The predicted molar refractivity (Wildman–Crippen MR) is 119 cm³/mol. The van der Waals surface area contributed by atoms with Gasteiger partial charge in [-0.3, -0.25) is 4.79 Å². The van der Waals surface area contributed by atoms with Crippen LogP contribution in [-0.4, -0.2) is 25.6 Å². The Hall–Kier alpha value is -4.77. The van der Waals surface area contributed by atoms with Crippen molar-refractivity contribution in [3.05, 3.63) is 89.0 Å². The van der Waals surface area contributed by atoms with Gasteiger partial charge in [-0.1, -0.05) is 48.5 Å². The zero-order chi connectivity index (χ0) is 21.2. The number of nitriles is 1. The van der Waals surface area contributed by atoms with Crippen LogP contribution in [0.4, 0.5) is 5.69 Å². The van der Waals surface area contributed by atoms with Crippen LogP contribution in [-0.2, 0) is 0 Å². The van der Waals surface area contributed by atoms with Gasteiger partial charge in [0, 0.05) is 22.5 Å². The first-order valence-electron chi connectivity index (χ1n) is 9.50. The number of H-pyrrole nitrogens is 2. The second-order valence-electron chi connectivity index (χ2n) is 6.83. The SMILES string of the molecule is N#CC(=CNc1cccc2c(=O)c3cccc(-c4ccccc4)c3[nH]c12)c1nn[nH]n1. The van der Waals surface area contributed by atoms with Crippen LogP contribution in [0.2, 0.25) is 0 Å². The summed E-state index contributed by atoms with van der Waals surface area (Å²) in [5.41, 5.74) is 4.14. The van der Waals surface area contributed by atoms with Crippen molar-refractivity contribution in [3.63, 3.8) is 0 Å². The third-order valence-corrected chi connectivity index (χ3v) is 5.03. The van der Waals surface area contributed by atoms with Crippen LogP contribution in [0.25, 0.3) is 38.5 Å². The first-order valence-corrected chi connectivity index (χ1v) is 9.50. The zero-order valence-corrected chi connectivity index (χ0v) is 16.1. The number of hydrogen-bond donors (Lipinski definition) is 3. The topological polar surface area (TPSA) is 123 Å². The molecular weight excluding hydrogens is 390 g/mol. The minimum Gasteiger partial charge on any atom is -0.359 e. The van der Waals surface area contributed by atoms with Crippen LogP contribution >= 0.6 is 0 Å². The zero-order valence-electron chi connectivity index (χ0n) is 16.1. The lowest BCUT2D eigenvalue weighted by molar-refractivity contribution is 0.881. The summed E-state index contributed by atoms with van der Waals surface area (Å²) in [6, 6.07) is 23.0. The molecule has 0 unspecified atom stereocenters. The number of anilines is 1. The predicted octanol–water partition coefficient (Wildman–Crippen LogP) is 3.84. The van der Waals surface area contributed by atoms with Crippen molar-refractivity contribution in [3.8, 4) is 17.2 Å². The van der Waals surface area contributed by atoms with Gasteiger partial charge in [0.05, 0.1) is 16.7 Å². The highest BCUT2D eigenvalue weighted by atomic mass is 16.1. The summed E-state index contributed by atoms with van der Waals surface area (Å²) in [7, 11) is 0. The van der Waals surface area contributed by atoms with E-state index in [2.05, 4.69) is 30.9 Å². The van der Waals surface area contributed by atoms with Crippen LogP contribution in [0.5, 0.6) is 0 Å². The fraction of sp³-hybridized carbons (Fsp3) is 0. The average Bonchev–Trinajstić information content (AvgIpc) is 3.35. The van der Waals surface area contributed by atoms with E-state index in [4.69, 9.17) is 0 Å². The monoisotopic (exact) mass is 405 g/mol. The van der Waals surface area contributed by atoms with Crippen molar-refractivity contribution in [2.45, 2.75) is 0 Å². The molecule has 0 saturated heterocycles. The van der Waals surface area contributed by atoms with Crippen molar-refractivity contribution < 1.29 is 0 Å². The first-order chi connectivity index (χ1) is 15.3. The van der Waals surface area contributed by atoms with Gasteiger partial charge in [-0.25, -0.2) is 0 Å². The lowest BCUT2D eigenvalue weighted by Crippen LogP contribution is -2.06. The Morgan fingerprint density at radius 2 is 1.74 bits per heavy atom. The van der Waals surface area contributed by atoms with E-state index >= 15 is 0 Å². The van der Waals surface area contributed by atoms with E-state index in [1.54, 1.807) is 12.1 Å². The number of pyridine rings is 1. The molecule has 0 saturated carbocycles. The maximum Gasteiger partial charge on any atom is 0.216 e. The Morgan fingerprint density at radius 3 is 2.48 bits per heavy atom. The van der Waals surface area contributed by atoms with E-state index in [0.717, 1.165) is 16.6 Å². The summed E-state index contributed by atoms with van der Waals surface area (Å²) >= 11 is 0. The van der Waals surface area contributed by atoms with Gasteiger partial charge < -0.3 is 10.3 Å². The molecule has 5 aromatic rings. The molecule has 3 aromatic carbocycles. The molecule has 8 nitrogen and oxygen atoms in total. The smallest absolute Gasteiger partial charge is 0.216 e. The molecule has 0 atom stereocenters. The molecular formula is C23H15N7O. The third-order valence-electron chi connectivity index (χ3n) is 5.03. The first kappa shape index (κ1) is 18.3. The molecule has 0 bridgehead atoms. The van der Waals surface area contributed by atoms with Gasteiger partial charge in [-0.15, -0.1) is 10.2 Å². The number of aromatic nitrogens is 5. The summed E-state index contributed by atoms with van der Waals surface area (Å²) < 4.78 is 0. The molecule has 0 aliphatic rings. The van der Waals surface area contributed by atoms with Gasteiger partial charge >= 0.3 is 0 Å². The average molecular weight is 405 g/mol. The molecule has 0 fully saturated rings. The number of fused-ring (bicyclic) bond motifs is 2. The normalized spacial score (nSPS) is 11.5. The standard InChI is InChI=1S/C23H15N7O/c24-12-15(23-27-29-30-28-23)13-25-19-11-5-10-18-21(19)26-20-16(14-6-2-1-3-7-14)8-4-9-17(20)22(18)31/h1-11,13,25H,(H,26,31)(H,27,28,29,30). The number of hydrogen-bond acceptors (Lipinski definition) is 6. The maximum absolute atomic E-state index is 13.3. The highest BCUT2D eigenvalue weighted by Crippen LogP contribution is 2.29. The van der Waals surface area contributed by atoms with Crippen LogP contribution < -0.4 is 10.7 Å². The number of nitrogens with zero attached hydrogens (tertiary/aromatic N) is 4. The fourth-order valence-electron chi connectivity index (χ4n) is 3.57. The van der Waals surface area contributed by atoms with Gasteiger partial charge in [0.15, 0.2) is 5.43 Å². The molecule has 148 valence electrons. The summed E-state index contributed by atoms with van der Waals surface area (Å²) in [5.74, 6) is 0.181. The van der Waals surface area contributed by atoms with Gasteiger partial charge in [0.2, 0.25) is 5.82 Å². The number of nitrogens with one attached hydrogen (secondary N) is 3. The fourth-order valence-corrected chi connectivity index (χ4v) is 3.57. The van der Waals surface area contributed by atoms with E-state index in [-0.39, 0.29) is 16.8 Å². The summed E-state index contributed by atoms with van der Waals surface area (Å²) in [6.45, 7) is 0. The van der Waals surface area contributed by atoms with Crippen molar-refractivity contribution in [1.82, 2.24) is 25.6 Å². The third kappa shape index (κ3) is 3.20. The van der Waals surface area contributed by atoms with E-state index < -0.39 is 0 Å². The number of tetrazole rings is 1. The summed E-state index contributed by atoms with van der Waals surface area (Å²) in [5, 5.41) is 27.1. The van der Waals surface area contributed by atoms with Gasteiger partial charge in [0.1, 0.15) is 11.6 Å². The Balaban J connectivity index is 1.71. The van der Waals surface area contributed by atoms with E-state index in [0.29, 0.717) is 22.0 Å².